The number of amides is 1. The molecule has 0 aromatic heterocycles. The first-order valence-electron chi connectivity index (χ1n) is 9.96. The van der Waals surface area contributed by atoms with E-state index in [4.69, 9.17) is 33.9 Å². The van der Waals surface area contributed by atoms with Crippen LogP contribution in [-0.2, 0) is 9.47 Å². The van der Waals surface area contributed by atoms with E-state index in [1.165, 1.54) is 0 Å². The van der Waals surface area contributed by atoms with Crippen LogP contribution in [0.5, 0.6) is 0 Å². The number of nitrogens with one attached hydrogen (secondary N) is 6. The molecule has 9 nitrogen and oxygen atoms in total. The van der Waals surface area contributed by atoms with Gasteiger partial charge >= 0.3 is 0 Å². The van der Waals surface area contributed by atoms with Gasteiger partial charge in [0, 0.05) is 45.1 Å². The number of carbonyl (C=O) groups is 1. The lowest BCUT2D eigenvalue weighted by Gasteiger charge is -2.13. The van der Waals surface area contributed by atoms with E-state index >= 15 is 0 Å². The number of carbonyl (C=O) groups excluding carboxylic acids is 1. The number of anilines is 1. The molecule has 30 heavy (non-hydrogen) atoms. The van der Waals surface area contributed by atoms with Crippen LogP contribution in [0.25, 0.3) is 0 Å². The molecule has 6 N–H and O–H groups in total. The predicted molar refractivity (Wildman–Crippen MR) is 127 cm³/mol. The van der Waals surface area contributed by atoms with Crippen LogP contribution in [-0.4, -0.2) is 55.6 Å². The molecule has 0 fully saturated rings. The molecule has 0 bridgehead atoms. The normalized spacial score (nSPS) is 10.1. The van der Waals surface area contributed by atoms with Crippen LogP contribution in [0, 0.1) is 0 Å². The van der Waals surface area contributed by atoms with E-state index in [0.29, 0.717) is 48.8 Å². The molecule has 0 heterocycles. The molecule has 1 aromatic carbocycles. The minimum absolute atomic E-state index is 0.292. The quantitative estimate of drug-likeness (QED) is 0.148. The molecule has 0 aliphatic rings. The molecule has 0 atom stereocenters. The molecule has 0 aliphatic heterocycles. The fraction of sp³-hybridized carbons (Fsp3) is 0.526. The van der Waals surface area contributed by atoms with Crippen molar-refractivity contribution in [3.63, 3.8) is 0 Å². The Morgan fingerprint density at radius 2 is 1.37 bits per heavy atom. The van der Waals surface area contributed by atoms with Gasteiger partial charge in [-0.15, -0.1) is 0 Å². The summed E-state index contributed by atoms with van der Waals surface area (Å²) in [5, 5.41) is 6.90. The Hall–Kier alpha value is -2.21. The highest BCUT2D eigenvalue weighted by Gasteiger charge is 2.06. The van der Waals surface area contributed by atoms with Crippen molar-refractivity contribution in [3.05, 3.63) is 29.8 Å². The molecule has 0 radical (unpaired) electrons. The van der Waals surface area contributed by atoms with E-state index in [9.17, 15) is 4.79 Å². The molecule has 11 heteroatoms. The summed E-state index contributed by atoms with van der Waals surface area (Å²) in [5.74, 6) is -0.292. The summed E-state index contributed by atoms with van der Waals surface area (Å²) in [6.45, 7) is 8.09. The van der Waals surface area contributed by atoms with E-state index < -0.39 is 0 Å². The van der Waals surface area contributed by atoms with Gasteiger partial charge in [0.1, 0.15) is 0 Å². The van der Waals surface area contributed by atoms with Crippen molar-refractivity contribution in [2.75, 3.05) is 44.9 Å². The average molecular weight is 457 g/mol. The van der Waals surface area contributed by atoms with Crippen molar-refractivity contribution in [2.45, 2.75) is 26.7 Å². The lowest BCUT2D eigenvalue weighted by atomic mass is 10.2. The summed E-state index contributed by atoms with van der Waals surface area (Å²) >= 11 is 10.3. The highest BCUT2D eigenvalue weighted by molar-refractivity contribution is 7.80. The highest BCUT2D eigenvalue weighted by Crippen LogP contribution is 2.08. The molecule has 168 valence electrons. The Morgan fingerprint density at radius 1 is 0.833 bits per heavy atom. The summed E-state index contributed by atoms with van der Waals surface area (Å²) in [6.07, 6.45) is 1.71. The zero-order valence-electron chi connectivity index (χ0n) is 17.5. The molecule has 1 rings (SSSR count). The molecule has 0 unspecified atom stereocenters. The Kier molecular flexibility index (Phi) is 14.3. The summed E-state index contributed by atoms with van der Waals surface area (Å²) in [7, 11) is 0. The Balaban J connectivity index is 2.23. The first kappa shape index (κ1) is 25.8. The fourth-order valence-corrected chi connectivity index (χ4v) is 2.46. The van der Waals surface area contributed by atoms with Crippen LogP contribution in [0.15, 0.2) is 24.3 Å². The number of hydrogen-bond donors (Lipinski definition) is 6. The van der Waals surface area contributed by atoms with Crippen LogP contribution in [0.1, 0.15) is 37.0 Å². The second-order valence-electron chi connectivity index (χ2n) is 6.02. The van der Waals surface area contributed by atoms with Gasteiger partial charge in [-0.1, -0.05) is 0 Å². The summed E-state index contributed by atoms with van der Waals surface area (Å²) in [6, 6.07) is 6.92. The van der Waals surface area contributed by atoms with Gasteiger partial charge in [-0.05, 0) is 75.4 Å². The fourth-order valence-electron chi connectivity index (χ4n) is 2.15. The van der Waals surface area contributed by atoms with Gasteiger partial charge < -0.3 is 20.1 Å². The third-order valence-corrected chi connectivity index (χ3v) is 4.16. The van der Waals surface area contributed by atoms with Crippen LogP contribution >= 0.6 is 24.4 Å². The van der Waals surface area contributed by atoms with Crippen molar-refractivity contribution >= 4 is 46.3 Å². The second kappa shape index (κ2) is 16.6. The molecule has 0 saturated heterocycles. The largest absolute Gasteiger partial charge is 0.382 e. The first-order valence-corrected chi connectivity index (χ1v) is 10.8. The average Bonchev–Trinajstić information content (AvgIpc) is 2.76. The number of thiocarbonyl (C=S) groups is 2. The van der Waals surface area contributed by atoms with Crippen molar-refractivity contribution in [3.8, 4) is 0 Å². The lowest BCUT2D eigenvalue weighted by Crippen LogP contribution is -2.47. The van der Waals surface area contributed by atoms with Gasteiger partial charge in [-0.25, -0.2) is 0 Å². The Morgan fingerprint density at radius 3 is 1.90 bits per heavy atom. The third kappa shape index (κ3) is 12.4. The topological polar surface area (TPSA) is 108 Å². The molecule has 1 amide bonds. The first-order chi connectivity index (χ1) is 14.6. The number of ether oxygens (including phenoxy) is 2. The van der Waals surface area contributed by atoms with Gasteiger partial charge in [0.05, 0.1) is 5.69 Å². The third-order valence-electron chi connectivity index (χ3n) is 3.67. The van der Waals surface area contributed by atoms with Crippen LogP contribution < -0.4 is 32.3 Å². The maximum atomic E-state index is 12.2. The van der Waals surface area contributed by atoms with Crippen LogP contribution in [0.4, 0.5) is 5.69 Å². The predicted octanol–water partition coefficient (Wildman–Crippen LogP) is 1.44. The number of hydrazine groups is 2. The maximum absolute atomic E-state index is 12.2. The number of hydrogen-bond acceptors (Lipinski definition) is 6. The van der Waals surface area contributed by atoms with Crippen molar-refractivity contribution in [1.29, 1.82) is 0 Å². The minimum Gasteiger partial charge on any atom is -0.382 e. The maximum Gasteiger partial charge on any atom is 0.269 e. The minimum atomic E-state index is -0.292. The molecular weight excluding hydrogens is 424 g/mol. The van der Waals surface area contributed by atoms with E-state index in [1.54, 1.807) is 24.3 Å². The van der Waals surface area contributed by atoms with Gasteiger partial charge in [0.15, 0.2) is 10.2 Å². The van der Waals surface area contributed by atoms with Crippen molar-refractivity contribution in [1.82, 2.24) is 26.9 Å². The second-order valence-corrected chi connectivity index (χ2v) is 6.84. The smallest absolute Gasteiger partial charge is 0.269 e. The highest BCUT2D eigenvalue weighted by atomic mass is 32.1. The van der Waals surface area contributed by atoms with E-state index in [2.05, 4.69) is 32.3 Å². The Labute approximate surface area is 189 Å². The lowest BCUT2D eigenvalue weighted by molar-refractivity contribution is 0.0943. The van der Waals surface area contributed by atoms with E-state index in [0.717, 1.165) is 25.1 Å². The van der Waals surface area contributed by atoms with Crippen LogP contribution in [0.2, 0.25) is 0 Å². The van der Waals surface area contributed by atoms with Crippen LogP contribution in [0.3, 0.4) is 0 Å². The van der Waals surface area contributed by atoms with Crippen molar-refractivity contribution < 1.29 is 14.3 Å². The Bertz CT molecular complexity index is 646. The summed E-state index contributed by atoms with van der Waals surface area (Å²) in [5.41, 5.74) is 12.4. The van der Waals surface area contributed by atoms with E-state index in [1.807, 2.05) is 13.8 Å². The molecular formula is C19H32N6O3S2. The van der Waals surface area contributed by atoms with Gasteiger partial charge in [0.2, 0.25) is 0 Å². The number of benzene rings is 1. The zero-order chi connectivity index (χ0) is 22.0. The molecule has 0 saturated carbocycles. The standard InChI is InChI=1S/C19H32N6O3S2/c1-3-27-13-5-11-20-18(29)24-22-16-9-7-15(8-10-16)17(26)23-25-19(30)21-12-6-14-28-4-2/h7-10,22H,3-6,11-14H2,1-2H3,(H,23,26)(H2,20,24,29)(H2,21,25,30). The number of rotatable bonds is 13. The monoisotopic (exact) mass is 456 g/mol. The molecule has 0 aliphatic carbocycles. The zero-order valence-corrected chi connectivity index (χ0v) is 19.1. The van der Waals surface area contributed by atoms with Crippen molar-refractivity contribution in [2.24, 2.45) is 0 Å². The van der Waals surface area contributed by atoms with Gasteiger partial charge in [-0.3, -0.25) is 26.5 Å². The molecule has 0 spiro atoms. The summed E-state index contributed by atoms with van der Waals surface area (Å²) in [4.78, 5) is 12.2. The molecule has 1 aromatic rings. The van der Waals surface area contributed by atoms with Gasteiger partial charge in [-0.2, -0.15) is 0 Å². The van der Waals surface area contributed by atoms with Gasteiger partial charge in [0.25, 0.3) is 5.91 Å². The SMILES string of the molecule is CCOCCCNC(=S)NNC(=O)c1ccc(NNC(=S)NCCCOCC)cc1. The summed E-state index contributed by atoms with van der Waals surface area (Å²) < 4.78 is 10.5. The van der Waals surface area contributed by atoms with E-state index in [-0.39, 0.29) is 5.91 Å².